The largest absolute Gasteiger partial charge is 0.496 e. The third-order valence-corrected chi connectivity index (χ3v) is 9.28. The number of amides is 1. The standard InChI is InChI=1S/C37H39F3N4O5/c1-7-48-35(45)30-17-22(3)33(42(30)5)24-9-11-31(47-6)28(19-24)27-10-12-32(43-13-8-14-43)41-29(27)20-44-23(4)34(49-36(44)46)25-15-21(2)16-26(18-25)37(38,39)40/h9-12,15-19,23,34H,7-8,13-14,20H2,1-6H3/t23-,34-/m0/s1. The Balaban J connectivity index is 1.40. The van der Waals surface area contributed by atoms with Gasteiger partial charge in [-0.2, -0.15) is 13.2 Å². The summed E-state index contributed by atoms with van der Waals surface area (Å²) < 4.78 is 59.6. The summed E-state index contributed by atoms with van der Waals surface area (Å²) in [6, 6.07) is 14.6. The van der Waals surface area contributed by atoms with Crippen molar-refractivity contribution in [2.24, 2.45) is 7.05 Å². The van der Waals surface area contributed by atoms with Crippen LogP contribution in [0, 0.1) is 13.8 Å². The first-order chi connectivity index (χ1) is 23.3. The molecule has 2 saturated heterocycles. The zero-order chi connectivity index (χ0) is 35.2. The summed E-state index contributed by atoms with van der Waals surface area (Å²) in [5, 5.41) is 0. The average molecular weight is 677 g/mol. The van der Waals surface area contributed by atoms with Crippen molar-refractivity contribution in [2.75, 3.05) is 31.7 Å². The molecule has 2 aliphatic heterocycles. The Morgan fingerprint density at radius 2 is 1.80 bits per heavy atom. The van der Waals surface area contributed by atoms with Crippen molar-refractivity contribution >= 4 is 17.9 Å². The highest BCUT2D eigenvalue weighted by atomic mass is 19.4. The Morgan fingerprint density at radius 3 is 2.45 bits per heavy atom. The number of rotatable bonds is 9. The normalized spacial score (nSPS) is 17.6. The molecule has 4 aromatic rings. The molecule has 12 heteroatoms. The molecule has 6 rings (SSSR count). The van der Waals surface area contributed by atoms with Gasteiger partial charge < -0.3 is 23.7 Å². The minimum atomic E-state index is -4.53. The highest BCUT2D eigenvalue weighted by Gasteiger charge is 2.42. The van der Waals surface area contributed by atoms with Gasteiger partial charge in [-0.25, -0.2) is 14.6 Å². The van der Waals surface area contributed by atoms with Gasteiger partial charge in [0.15, 0.2) is 0 Å². The molecule has 1 amide bonds. The van der Waals surface area contributed by atoms with Crippen molar-refractivity contribution in [1.29, 1.82) is 0 Å². The summed E-state index contributed by atoms with van der Waals surface area (Å²) in [7, 11) is 3.39. The minimum Gasteiger partial charge on any atom is -0.496 e. The van der Waals surface area contributed by atoms with Crippen LogP contribution in [-0.2, 0) is 29.2 Å². The fourth-order valence-electron chi connectivity index (χ4n) is 6.68. The van der Waals surface area contributed by atoms with Crippen LogP contribution in [0.3, 0.4) is 0 Å². The van der Waals surface area contributed by atoms with Gasteiger partial charge in [-0.15, -0.1) is 0 Å². The molecule has 2 aromatic heterocycles. The maximum atomic E-state index is 13.7. The van der Waals surface area contributed by atoms with Crippen LogP contribution in [0.1, 0.15) is 64.8 Å². The minimum absolute atomic E-state index is 0.0506. The molecule has 0 N–H and O–H groups in total. The molecule has 2 aliphatic rings. The van der Waals surface area contributed by atoms with E-state index >= 15 is 0 Å². The number of aromatic nitrogens is 2. The second-order valence-corrected chi connectivity index (χ2v) is 12.6. The molecule has 0 aliphatic carbocycles. The van der Waals surface area contributed by atoms with Crippen molar-refractivity contribution in [3.05, 3.63) is 88.2 Å². The lowest BCUT2D eigenvalue weighted by molar-refractivity contribution is -0.137. The van der Waals surface area contributed by atoms with Crippen LogP contribution in [0.5, 0.6) is 5.75 Å². The van der Waals surface area contributed by atoms with Crippen molar-refractivity contribution in [2.45, 2.75) is 59.0 Å². The summed E-state index contributed by atoms with van der Waals surface area (Å²) >= 11 is 0. The second-order valence-electron chi connectivity index (χ2n) is 12.6. The lowest BCUT2D eigenvalue weighted by atomic mass is 9.96. The molecule has 2 aromatic carbocycles. The molecule has 0 radical (unpaired) electrons. The molecule has 0 bridgehead atoms. The van der Waals surface area contributed by atoms with Crippen molar-refractivity contribution in [3.8, 4) is 28.1 Å². The van der Waals surface area contributed by atoms with E-state index in [1.165, 1.54) is 4.90 Å². The molecule has 9 nitrogen and oxygen atoms in total. The molecule has 2 fully saturated rings. The number of aryl methyl sites for hydroxylation is 2. The van der Waals surface area contributed by atoms with Gasteiger partial charge in [0.1, 0.15) is 23.4 Å². The number of methoxy groups -OCH3 is 1. The third-order valence-electron chi connectivity index (χ3n) is 9.28. The van der Waals surface area contributed by atoms with Crippen LogP contribution in [0.15, 0.2) is 54.6 Å². The van der Waals surface area contributed by atoms with Gasteiger partial charge >= 0.3 is 18.2 Å². The molecular formula is C37H39F3N4O5. The van der Waals surface area contributed by atoms with Crippen LogP contribution in [0.2, 0.25) is 0 Å². The van der Waals surface area contributed by atoms with Crippen molar-refractivity contribution in [3.63, 3.8) is 0 Å². The number of carbonyl (C=O) groups is 2. The van der Waals surface area contributed by atoms with E-state index < -0.39 is 35.9 Å². The Kier molecular flexibility index (Phi) is 9.08. The van der Waals surface area contributed by atoms with E-state index in [1.54, 1.807) is 40.0 Å². The summed E-state index contributed by atoms with van der Waals surface area (Å²) in [5.41, 5.74) is 4.93. The van der Waals surface area contributed by atoms with Crippen molar-refractivity contribution < 1.29 is 37.0 Å². The van der Waals surface area contributed by atoms with E-state index in [1.807, 2.05) is 48.9 Å². The number of hydrogen-bond acceptors (Lipinski definition) is 7. The van der Waals surface area contributed by atoms with Crippen LogP contribution in [-0.4, -0.2) is 59.4 Å². The fraction of sp³-hybridized carbons (Fsp3) is 0.378. The van der Waals surface area contributed by atoms with E-state index in [4.69, 9.17) is 19.2 Å². The first kappa shape index (κ1) is 33.9. The molecule has 0 spiro atoms. The van der Waals surface area contributed by atoms with Gasteiger partial charge in [-0.3, -0.25) is 4.90 Å². The molecule has 0 saturated carbocycles. The molecule has 258 valence electrons. The number of nitrogens with zero attached hydrogens (tertiary/aromatic N) is 4. The Bertz CT molecular complexity index is 1920. The number of hydrogen-bond donors (Lipinski definition) is 0. The number of carbonyl (C=O) groups excluding carboxylic acids is 2. The van der Waals surface area contributed by atoms with E-state index in [2.05, 4.69) is 4.90 Å². The summed E-state index contributed by atoms with van der Waals surface area (Å²) in [6.07, 6.45) is -5.02. The highest BCUT2D eigenvalue weighted by molar-refractivity contribution is 5.90. The first-order valence-electron chi connectivity index (χ1n) is 16.2. The van der Waals surface area contributed by atoms with Gasteiger partial charge in [0, 0.05) is 31.3 Å². The monoisotopic (exact) mass is 676 g/mol. The van der Waals surface area contributed by atoms with Gasteiger partial charge in [0.25, 0.3) is 0 Å². The predicted molar refractivity (Wildman–Crippen MR) is 179 cm³/mol. The number of ether oxygens (including phenoxy) is 3. The SMILES string of the molecule is CCOC(=O)c1cc(C)c(-c2ccc(OC)c(-c3ccc(N4CCC4)nc3CN3C(=O)O[C@H](c4cc(C)cc(C(F)(F)F)c4)[C@@H]3C)c2)n1C. The van der Waals surface area contributed by atoms with E-state index in [0.29, 0.717) is 22.7 Å². The average Bonchev–Trinajstić information content (AvgIpc) is 3.48. The maximum Gasteiger partial charge on any atom is 0.416 e. The summed E-state index contributed by atoms with van der Waals surface area (Å²) in [5.74, 6) is 0.935. The van der Waals surface area contributed by atoms with Crippen LogP contribution in [0.4, 0.5) is 23.8 Å². The smallest absolute Gasteiger partial charge is 0.416 e. The number of alkyl halides is 3. The topological polar surface area (TPSA) is 86.1 Å². The van der Waals surface area contributed by atoms with Crippen LogP contribution >= 0.6 is 0 Å². The number of pyridine rings is 1. The van der Waals surface area contributed by atoms with E-state index in [9.17, 15) is 22.8 Å². The Labute approximate surface area is 283 Å². The second kappa shape index (κ2) is 13.1. The maximum absolute atomic E-state index is 13.7. The summed E-state index contributed by atoms with van der Waals surface area (Å²) in [4.78, 5) is 34.7. The van der Waals surface area contributed by atoms with Gasteiger partial charge in [0.2, 0.25) is 0 Å². The highest BCUT2D eigenvalue weighted by Crippen LogP contribution is 2.41. The third kappa shape index (κ3) is 6.43. The Hall–Kier alpha value is -5.00. The Morgan fingerprint density at radius 1 is 1.04 bits per heavy atom. The van der Waals surface area contributed by atoms with Gasteiger partial charge in [-0.05, 0) is 99.3 Å². The fourth-order valence-corrected chi connectivity index (χ4v) is 6.68. The number of halogens is 3. The van der Waals surface area contributed by atoms with Crippen LogP contribution < -0.4 is 9.64 Å². The predicted octanol–water partition coefficient (Wildman–Crippen LogP) is 7.87. The lowest BCUT2D eigenvalue weighted by Crippen LogP contribution is -2.38. The molecule has 2 atom stereocenters. The van der Waals surface area contributed by atoms with E-state index in [0.717, 1.165) is 65.4 Å². The van der Waals surface area contributed by atoms with Gasteiger partial charge in [-0.1, -0.05) is 11.6 Å². The number of esters is 1. The number of anilines is 1. The van der Waals surface area contributed by atoms with Crippen LogP contribution in [0.25, 0.3) is 22.4 Å². The lowest BCUT2D eigenvalue weighted by Gasteiger charge is -2.33. The molecule has 49 heavy (non-hydrogen) atoms. The zero-order valence-corrected chi connectivity index (χ0v) is 28.4. The molecule has 4 heterocycles. The number of cyclic esters (lactones) is 1. The zero-order valence-electron chi connectivity index (χ0n) is 28.4. The van der Waals surface area contributed by atoms with Gasteiger partial charge in [0.05, 0.1) is 43.3 Å². The molecule has 0 unspecified atom stereocenters. The quantitative estimate of drug-likeness (QED) is 0.167. The van der Waals surface area contributed by atoms with Crippen molar-refractivity contribution in [1.82, 2.24) is 14.5 Å². The number of benzene rings is 2. The summed E-state index contributed by atoms with van der Waals surface area (Å²) in [6.45, 7) is 9.08. The molecular weight excluding hydrogens is 637 g/mol. The van der Waals surface area contributed by atoms with E-state index in [-0.39, 0.29) is 18.7 Å². The first-order valence-corrected chi connectivity index (χ1v) is 16.2.